The Hall–Kier alpha value is 0.310. The summed E-state index contributed by atoms with van der Waals surface area (Å²) in [6, 6.07) is 0. The van der Waals surface area contributed by atoms with E-state index in [9.17, 15) is 0 Å². The predicted molar refractivity (Wildman–Crippen MR) is 39.6 cm³/mol. The lowest BCUT2D eigenvalue weighted by atomic mass is 10.1. The van der Waals surface area contributed by atoms with Crippen LogP contribution in [-0.2, 0) is 4.74 Å². The molecule has 0 aliphatic rings. The maximum Gasteiger partial charge on any atom is 0.0630 e. The van der Waals surface area contributed by atoms with E-state index in [0.29, 0.717) is 0 Å². The molecule has 1 nitrogen and oxygen atoms in total. The summed E-state index contributed by atoms with van der Waals surface area (Å²) in [7, 11) is 1.73. The first-order valence-corrected chi connectivity index (χ1v) is 3.41. The molecule has 50 valence electrons. The van der Waals surface area contributed by atoms with Gasteiger partial charge in [0.2, 0.25) is 0 Å². The second-order valence-corrected chi connectivity index (χ2v) is 2.88. The highest BCUT2D eigenvalue weighted by atomic mass is 32.1. The van der Waals surface area contributed by atoms with Gasteiger partial charge in [0.15, 0.2) is 0 Å². The molecule has 0 radical (unpaired) electrons. The topological polar surface area (TPSA) is 9.23 Å². The van der Waals surface area contributed by atoms with Crippen LogP contribution in [0.2, 0.25) is 0 Å². The van der Waals surface area contributed by atoms with Crippen molar-refractivity contribution in [2.24, 2.45) is 0 Å². The molecule has 0 fully saturated rings. The van der Waals surface area contributed by atoms with E-state index in [1.165, 1.54) is 0 Å². The Morgan fingerprint density at radius 3 is 2.12 bits per heavy atom. The lowest BCUT2D eigenvalue weighted by Crippen LogP contribution is -2.22. The third kappa shape index (κ3) is 3.33. The van der Waals surface area contributed by atoms with Crippen molar-refractivity contribution in [2.45, 2.75) is 25.9 Å². The molecule has 0 aromatic rings. The zero-order valence-electron chi connectivity index (χ0n) is 5.77. The van der Waals surface area contributed by atoms with Crippen LogP contribution in [0.1, 0.15) is 20.3 Å². The van der Waals surface area contributed by atoms with Crippen LogP contribution >= 0.6 is 12.6 Å². The van der Waals surface area contributed by atoms with Crippen molar-refractivity contribution in [3.05, 3.63) is 0 Å². The minimum atomic E-state index is 0.0156. The van der Waals surface area contributed by atoms with Gasteiger partial charge in [0.25, 0.3) is 0 Å². The van der Waals surface area contributed by atoms with Gasteiger partial charge in [0.05, 0.1) is 5.60 Å². The SMILES string of the molecule is COC(C)(C)CCS. The van der Waals surface area contributed by atoms with Crippen molar-refractivity contribution in [3.8, 4) is 0 Å². The molecule has 0 heterocycles. The number of thiol groups is 1. The number of ether oxygens (including phenoxy) is 1. The van der Waals surface area contributed by atoms with Gasteiger partial charge in [-0.05, 0) is 26.0 Å². The molecule has 0 spiro atoms. The van der Waals surface area contributed by atoms with Crippen LogP contribution in [-0.4, -0.2) is 18.5 Å². The first-order valence-electron chi connectivity index (χ1n) is 2.78. The second-order valence-electron chi connectivity index (χ2n) is 2.44. The van der Waals surface area contributed by atoms with Crippen molar-refractivity contribution in [2.75, 3.05) is 12.9 Å². The van der Waals surface area contributed by atoms with E-state index >= 15 is 0 Å². The van der Waals surface area contributed by atoms with Gasteiger partial charge >= 0.3 is 0 Å². The fourth-order valence-electron chi connectivity index (χ4n) is 0.371. The van der Waals surface area contributed by atoms with Gasteiger partial charge < -0.3 is 4.74 Å². The van der Waals surface area contributed by atoms with Gasteiger partial charge in [-0.1, -0.05) is 0 Å². The molecule has 0 unspecified atom stereocenters. The Kier molecular flexibility index (Phi) is 3.49. The van der Waals surface area contributed by atoms with Crippen LogP contribution < -0.4 is 0 Å². The third-order valence-electron chi connectivity index (χ3n) is 1.27. The van der Waals surface area contributed by atoms with Gasteiger partial charge in [0, 0.05) is 7.11 Å². The summed E-state index contributed by atoms with van der Waals surface area (Å²) in [5.74, 6) is 0.890. The molecule has 0 saturated heterocycles. The number of hydrogen-bond donors (Lipinski definition) is 1. The van der Waals surface area contributed by atoms with E-state index < -0.39 is 0 Å². The molecular weight excluding hydrogens is 120 g/mol. The van der Waals surface area contributed by atoms with Gasteiger partial charge in [-0.15, -0.1) is 0 Å². The van der Waals surface area contributed by atoms with Gasteiger partial charge in [-0.3, -0.25) is 0 Å². The molecule has 8 heavy (non-hydrogen) atoms. The molecule has 0 saturated carbocycles. The molecule has 0 atom stereocenters. The monoisotopic (exact) mass is 134 g/mol. The Morgan fingerprint density at radius 2 is 2.00 bits per heavy atom. The summed E-state index contributed by atoms with van der Waals surface area (Å²) in [5.41, 5.74) is 0.0156. The highest BCUT2D eigenvalue weighted by Crippen LogP contribution is 2.12. The van der Waals surface area contributed by atoms with E-state index in [0.717, 1.165) is 12.2 Å². The zero-order chi connectivity index (χ0) is 6.62. The third-order valence-corrected chi connectivity index (χ3v) is 1.49. The zero-order valence-corrected chi connectivity index (χ0v) is 6.66. The van der Waals surface area contributed by atoms with E-state index in [-0.39, 0.29) is 5.60 Å². The molecule has 0 aliphatic carbocycles. The summed E-state index contributed by atoms with van der Waals surface area (Å²) < 4.78 is 5.13. The normalized spacial score (nSPS) is 12.0. The van der Waals surface area contributed by atoms with Gasteiger partial charge in [-0.2, -0.15) is 12.6 Å². The quantitative estimate of drug-likeness (QED) is 0.578. The van der Waals surface area contributed by atoms with Crippen LogP contribution in [0.5, 0.6) is 0 Å². The molecule has 0 aromatic heterocycles. The van der Waals surface area contributed by atoms with E-state index in [2.05, 4.69) is 26.5 Å². The summed E-state index contributed by atoms with van der Waals surface area (Å²) in [6.07, 6.45) is 1.01. The van der Waals surface area contributed by atoms with Crippen LogP contribution in [0.4, 0.5) is 0 Å². The van der Waals surface area contributed by atoms with Crippen LogP contribution in [0.25, 0.3) is 0 Å². The summed E-state index contributed by atoms with van der Waals surface area (Å²) in [6.45, 7) is 4.12. The number of hydrogen-bond acceptors (Lipinski definition) is 2. The summed E-state index contributed by atoms with van der Waals surface area (Å²) >= 11 is 4.09. The standard InChI is InChI=1S/C6H14OS/c1-6(2,7-3)4-5-8/h8H,4-5H2,1-3H3. The van der Waals surface area contributed by atoms with E-state index in [1.807, 2.05) is 0 Å². The van der Waals surface area contributed by atoms with Crippen molar-refractivity contribution < 1.29 is 4.74 Å². The number of rotatable bonds is 3. The highest BCUT2D eigenvalue weighted by molar-refractivity contribution is 7.80. The lowest BCUT2D eigenvalue weighted by molar-refractivity contribution is 0.0207. The first kappa shape index (κ1) is 8.31. The van der Waals surface area contributed by atoms with Crippen molar-refractivity contribution in [3.63, 3.8) is 0 Å². The minimum absolute atomic E-state index is 0.0156. The Labute approximate surface area is 56.8 Å². The second kappa shape index (κ2) is 3.36. The molecule has 2 heteroatoms. The highest BCUT2D eigenvalue weighted by Gasteiger charge is 2.13. The van der Waals surface area contributed by atoms with E-state index in [4.69, 9.17) is 4.74 Å². The molecule has 0 rings (SSSR count). The smallest absolute Gasteiger partial charge is 0.0630 e. The summed E-state index contributed by atoms with van der Waals surface area (Å²) in [5, 5.41) is 0. The average molecular weight is 134 g/mol. The van der Waals surface area contributed by atoms with Crippen LogP contribution in [0.3, 0.4) is 0 Å². The molecular formula is C6H14OS. The fourth-order valence-corrected chi connectivity index (χ4v) is 0.910. The Balaban J connectivity index is 3.37. The largest absolute Gasteiger partial charge is 0.379 e. The van der Waals surface area contributed by atoms with Crippen molar-refractivity contribution in [1.29, 1.82) is 0 Å². The minimum Gasteiger partial charge on any atom is -0.379 e. The van der Waals surface area contributed by atoms with Crippen molar-refractivity contribution >= 4 is 12.6 Å². The molecule has 0 amide bonds. The van der Waals surface area contributed by atoms with E-state index in [1.54, 1.807) is 7.11 Å². The van der Waals surface area contributed by atoms with Crippen LogP contribution in [0.15, 0.2) is 0 Å². The lowest BCUT2D eigenvalue weighted by Gasteiger charge is -2.20. The Bertz CT molecular complexity index is 61.5. The molecule has 0 aromatic carbocycles. The van der Waals surface area contributed by atoms with Crippen LogP contribution in [0, 0.1) is 0 Å². The predicted octanol–water partition coefficient (Wildman–Crippen LogP) is 1.73. The average Bonchev–Trinajstić information content (AvgIpc) is 1.67. The maximum atomic E-state index is 5.13. The summed E-state index contributed by atoms with van der Waals surface area (Å²) in [4.78, 5) is 0. The van der Waals surface area contributed by atoms with Gasteiger partial charge in [0.1, 0.15) is 0 Å². The van der Waals surface area contributed by atoms with Gasteiger partial charge in [-0.25, -0.2) is 0 Å². The van der Waals surface area contributed by atoms with Crippen molar-refractivity contribution in [1.82, 2.24) is 0 Å². The molecule has 0 N–H and O–H groups in total. The fraction of sp³-hybridized carbons (Fsp3) is 1.00. The first-order chi connectivity index (χ1) is 3.62. The molecule has 0 bridgehead atoms. The Morgan fingerprint density at radius 1 is 1.50 bits per heavy atom. The number of methoxy groups -OCH3 is 1. The maximum absolute atomic E-state index is 5.13. The molecule has 0 aliphatic heterocycles.